The molecule has 100 valence electrons. The minimum absolute atomic E-state index is 0. The lowest BCUT2D eigenvalue weighted by molar-refractivity contribution is -0.137. The molecular weight excluding hydrogens is 262 g/mol. The van der Waals surface area contributed by atoms with E-state index in [-0.39, 0.29) is 30.3 Å². The van der Waals surface area contributed by atoms with Gasteiger partial charge in [0, 0.05) is 18.7 Å². The monoisotopic (exact) mass is 281 g/mol. The maximum Gasteiger partial charge on any atom is 0.243 e. The van der Waals surface area contributed by atoms with Crippen LogP contribution in [0, 0.1) is 0 Å². The smallest absolute Gasteiger partial charge is 0.243 e. The zero-order chi connectivity index (χ0) is 12.0. The third-order valence-electron chi connectivity index (χ3n) is 2.49. The Labute approximate surface area is 112 Å². The van der Waals surface area contributed by atoms with E-state index in [4.69, 9.17) is 5.73 Å². The molecule has 1 aliphatic rings. The van der Waals surface area contributed by atoms with Gasteiger partial charge in [0.2, 0.25) is 11.8 Å². The molecule has 0 saturated carbocycles. The van der Waals surface area contributed by atoms with Crippen LogP contribution in [0.15, 0.2) is 0 Å². The van der Waals surface area contributed by atoms with E-state index in [0.29, 0.717) is 31.1 Å². The summed E-state index contributed by atoms with van der Waals surface area (Å²) in [5, 5.41) is 2.81. The molecule has 1 rings (SSSR count). The summed E-state index contributed by atoms with van der Waals surface area (Å²) in [4.78, 5) is 25.0. The Morgan fingerprint density at radius 1 is 1.53 bits per heavy atom. The van der Waals surface area contributed by atoms with Crippen LogP contribution in [-0.2, 0) is 9.59 Å². The maximum absolute atomic E-state index is 11.8. The molecule has 7 heteroatoms. The average Bonchev–Trinajstić information content (AvgIpc) is 2.77. The second-order valence-corrected chi connectivity index (χ2v) is 4.67. The number of halogens is 1. The third-order valence-corrected chi connectivity index (χ3v) is 3.50. The van der Waals surface area contributed by atoms with E-state index in [1.54, 1.807) is 16.7 Å². The first kappa shape index (κ1) is 16.5. The van der Waals surface area contributed by atoms with Crippen molar-refractivity contribution in [3.63, 3.8) is 0 Å². The molecule has 2 amide bonds. The van der Waals surface area contributed by atoms with Crippen LogP contribution >= 0.6 is 24.2 Å². The molecule has 0 aromatic carbocycles. The predicted octanol–water partition coefficient (Wildman–Crippen LogP) is 0.185. The lowest BCUT2D eigenvalue weighted by Gasteiger charge is -2.22. The second kappa shape index (κ2) is 8.60. The van der Waals surface area contributed by atoms with Crippen molar-refractivity contribution in [2.24, 2.45) is 5.73 Å². The molecule has 1 unspecified atom stereocenters. The predicted molar refractivity (Wildman–Crippen MR) is 72.2 cm³/mol. The van der Waals surface area contributed by atoms with Gasteiger partial charge in [0.25, 0.3) is 0 Å². The largest absolute Gasteiger partial charge is 0.354 e. The number of hydrogen-bond donors (Lipinski definition) is 2. The van der Waals surface area contributed by atoms with Crippen molar-refractivity contribution in [2.45, 2.75) is 25.8 Å². The minimum Gasteiger partial charge on any atom is -0.354 e. The van der Waals surface area contributed by atoms with Gasteiger partial charge in [-0.3, -0.25) is 9.59 Å². The first-order valence-electron chi connectivity index (χ1n) is 5.55. The number of hydrogen-bond acceptors (Lipinski definition) is 4. The van der Waals surface area contributed by atoms with Gasteiger partial charge in [0.15, 0.2) is 0 Å². The lowest BCUT2D eigenvalue weighted by atomic mass is 10.2. The van der Waals surface area contributed by atoms with Crippen molar-refractivity contribution in [3.8, 4) is 0 Å². The van der Waals surface area contributed by atoms with Crippen molar-refractivity contribution >= 4 is 36.0 Å². The van der Waals surface area contributed by atoms with E-state index in [9.17, 15) is 9.59 Å². The first-order chi connectivity index (χ1) is 7.70. The van der Waals surface area contributed by atoms with Crippen LogP contribution < -0.4 is 11.1 Å². The fraction of sp³-hybridized carbons (Fsp3) is 0.800. The molecule has 0 aliphatic carbocycles. The van der Waals surface area contributed by atoms with Crippen LogP contribution in [0.4, 0.5) is 0 Å². The van der Waals surface area contributed by atoms with Crippen LogP contribution in [0.2, 0.25) is 0 Å². The Morgan fingerprint density at radius 3 is 2.82 bits per heavy atom. The molecule has 0 aromatic rings. The Morgan fingerprint density at radius 2 is 2.24 bits per heavy atom. The van der Waals surface area contributed by atoms with Crippen molar-refractivity contribution in [1.82, 2.24) is 10.2 Å². The van der Waals surface area contributed by atoms with Gasteiger partial charge in [-0.15, -0.1) is 24.2 Å². The molecule has 3 N–H and O–H groups in total. The van der Waals surface area contributed by atoms with E-state index in [2.05, 4.69) is 5.32 Å². The molecule has 17 heavy (non-hydrogen) atoms. The number of nitrogens with one attached hydrogen (secondary N) is 1. The number of rotatable bonds is 5. The number of nitrogens with two attached hydrogens (primary N) is 1. The molecule has 0 radical (unpaired) electrons. The number of carbonyl (C=O) groups excluding carboxylic acids is 2. The fourth-order valence-corrected chi connectivity index (χ4v) is 2.72. The summed E-state index contributed by atoms with van der Waals surface area (Å²) in [6.07, 6.45) is 1.22. The van der Waals surface area contributed by atoms with Crippen molar-refractivity contribution in [2.75, 3.05) is 24.7 Å². The topological polar surface area (TPSA) is 75.4 Å². The standard InChI is InChI=1S/C10H19N3O2S.ClH/c1-2-9(14)13-7-16-6-8(13)10(15)12-5-3-4-11;/h8H,2-7,11H2,1H3,(H,12,15);1H. The molecule has 0 bridgehead atoms. The summed E-state index contributed by atoms with van der Waals surface area (Å²) in [7, 11) is 0. The fourth-order valence-electron chi connectivity index (χ4n) is 1.54. The summed E-state index contributed by atoms with van der Waals surface area (Å²) in [6, 6.07) is -0.296. The van der Waals surface area contributed by atoms with Crippen LogP contribution in [0.1, 0.15) is 19.8 Å². The highest BCUT2D eigenvalue weighted by Crippen LogP contribution is 2.21. The van der Waals surface area contributed by atoms with Gasteiger partial charge in [-0.05, 0) is 13.0 Å². The van der Waals surface area contributed by atoms with Gasteiger partial charge >= 0.3 is 0 Å². The van der Waals surface area contributed by atoms with Crippen LogP contribution in [-0.4, -0.2) is 47.5 Å². The summed E-state index contributed by atoms with van der Waals surface area (Å²) in [5.74, 6) is 1.31. The van der Waals surface area contributed by atoms with Gasteiger partial charge in [-0.25, -0.2) is 0 Å². The van der Waals surface area contributed by atoms with Crippen molar-refractivity contribution < 1.29 is 9.59 Å². The lowest BCUT2D eigenvalue weighted by Crippen LogP contribution is -2.47. The Kier molecular flexibility index (Phi) is 8.37. The normalized spacial score (nSPS) is 18.7. The Bertz CT molecular complexity index is 266. The van der Waals surface area contributed by atoms with E-state index in [1.165, 1.54) is 0 Å². The Balaban J connectivity index is 0.00000256. The Hall–Kier alpha value is -0.460. The quantitative estimate of drug-likeness (QED) is 0.705. The highest BCUT2D eigenvalue weighted by Gasteiger charge is 2.33. The van der Waals surface area contributed by atoms with Gasteiger partial charge in [-0.1, -0.05) is 6.92 Å². The molecule has 1 aliphatic heterocycles. The van der Waals surface area contributed by atoms with Crippen molar-refractivity contribution in [1.29, 1.82) is 0 Å². The molecule has 1 atom stereocenters. The average molecular weight is 282 g/mol. The van der Waals surface area contributed by atoms with E-state index < -0.39 is 0 Å². The molecule has 1 heterocycles. The van der Waals surface area contributed by atoms with Crippen LogP contribution in [0.25, 0.3) is 0 Å². The molecule has 1 saturated heterocycles. The first-order valence-corrected chi connectivity index (χ1v) is 6.71. The zero-order valence-corrected chi connectivity index (χ0v) is 11.6. The van der Waals surface area contributed by atoms with E-state index >= 15 is 0 Å². The van der Waals surface area contributed by atoms with Gasteiger partial charge in [0.1, 0.15) is 6.04 Å². The van der Waals surface area contributed by atoms with Gasteiger partial charge < -0.3 is 16.0 Å². The number of thioether (sulfide) groups is 1. The maximum atomic E-state index is 11.8. The summed E-state index contributed by atoms with van der Waals surface area (Å²) in [5.41, 5.74) is 5.35. The summed E-state index contributed by atoms with van der Waals surface area (Å²) < 4.78 is 0. The van der Waals surface area contributed by atoms with E-state index in [0.717, 1.165) is 6.42 Å². The van der Waals surface area contributed by atoms with Gasteiger partial charge in [-0.2, -0.15) is 0 Å². The molecule has 5 nitrogen and oxygen atoms in total. The zero-order valence-electron chi connectivity index (χ0n) is 9.98. The second-order valence-electron chi connectivity index (χ2n) is 3.67. The van der Waals surface area contributed by atoms with Crippen LogP contribution in [0.5, 0.6) is 0 Å². The summed E-state index contributed by atoms with van der Waals surface area (Å²) in [6.45, 7) is 2.97. The van der Waals surface area contributed by atoms with Crippen molar-refractivity contribution in [3.05, 3.63) is 0 Å². The number of amides is 2. The third kappa shape index (κ3) is 4.73. The van der Waals surface area contributed by atoms with Crippen LogP contribution in [0.3, 0.4) is 0 Å². The van der Waals surface area contributed by atoms with Gasteiger partial charge in [0.05, 0.1) is 5.88 Å². The minimum atomic E-state index is -0.296. The summed E-state index contributed by atoms with van der Waals surface area (Å²) >= 11 is 1.62. The molecular formula is C10H20ClN3O2S. The SMILES string of the molecule is CCC(=O)N1CSCC1C(=O)NCCCN.Cl. The van der Waals surface area contributed by atoms with E-state index in [1.807, 2.05) is 6.92 Å². The number of carbonyl (C=O) groups is 2. The molecule has 0 aromatic heterocycles. The molecule has 1 fully saturated rings. The highest BCUT2D eigenvalue weighted by atomic mass is 35.5. The number of nitrogens with zero attached hydrogens (tertiary/aromatic N) is 1. The highest BCUT2D eigenvalue weighted by molar-refractivity contribution is 7.99. The molecule has 0 spiro atoms.